The van der Waals surface area contributed by atoms with Crippen molar-refractivity contribution in [1.29, 1.82) is 0 Å². The molecular formula is C26H28FN5O2. The average molecular weight is 462 g/mol. The number of hydrogen-bond acceptors (Lipinski definition) is 5. The number of carbonyl (C=O) groups excluding carboxylic acids is 2. The van der Waals surface area contributed by atoms with E-state index in [0.29, 0.717) is 41.6 Å². The zero-order valence-corrected chi connectivity index (χ0v) is 19.3. The van der Waals surface area contributed by atoms with E-state index in [0.717, 1.165) is 24.9 Å². The van der Waals surface area contributed by atoms with E-state index in [-0.39, 0.29) is 23.5 Å². The second kappa shape index (κ2) is 10.4. The first-order chi connectivity index (χ1) is 16.5. The van der Waals surface area contributed by atoms with E-state index in [4.69, 9.17) is 9.97 Å². The van der Waals surface area contributed by atoms with E-state index in [1.54, 1.807) is 37.4 Å². The maximum absolute atomic E-state index is 13.7. The van der Waals surface area contributed by atoms with Crippen molar-refractivity contribution < 1.29 is 14.0 Å². The van der Waals surface area contributed by atoms with Crippen LogP contribution in [0.4, 0.5) is 15.9 Å². The molecule has 2 heterocycles. The van der Waals surface area contributed by atoms with Crippen molar-refractivity contribution in [2.75, 3.05) is 25.5 Å². The van der Waals surface area contributed by atoms with Crippen LogP contribution in [0.15, 0.2) is 54.6 Å². The molecule has 0 saturated carbocycles. The van der Waals surface area contributed by atoms with Crippen LogP contribution >= 0.6 is 0 Å². The lowest BCUT2D eigenvalue weighted by Crippen LogP contribution is -2.39. The number of nitrogens with one attached hydrogen (secondary N) is 2. The molecule has 2 amide bonds. The van der Waals surface area contributed by atoms with E-state index in [9.17, 15) is 14.0 Å². The lowest BCUT2D eigenvalue weighted by atomic mass is 9.96. The van der Waals surface area contributed by atoms with Gasteiger partial charge < -0.3 is 15.5 Å². The van der Waals surface area contributed by atoms with Gasteiger partial charge in [0.15, 0.2) is 0 Å². The van der Waals surface area contributed by atoms with Crippen LogP contribution in [0.5, 0.6) is 0 Å². The molecule has 2 N–H and O–H groups in total. The summed E-state index contributed by atoms with van der Waals surface area (Å²) in [7, 11) is 1.59. The van der Waals surface area contributed by atoms with Crippen LogP contribution < -0.4 is 10.6 Å². The van der Waals surface area contributed by atoms with E-state index in [2.05, 4.69) is 10.6 Å². The molecule has 1 aliphatic rings. The molecule has 0 bridgehead atoms. The van der Waals surface area contributed by atoms with Crippen molar-refractivity contribution in [2.24, 2.45) is 0 Å². The molecule has 1 fully saturated rings. The van der Waals surface area contributed by atoms with Gasteiger partial charge in [0.1, 0.15) is 17.5 Å². The van der Waals surface area contributed by atoms with Gasteiger partial charge in [-0.1, -0.05) is 25.1 Å². The summed E-state index contributed by atoms with van der Waals surface area (Å²) in [4.78, 5) is 35.6. The molecule has 1 saturated heterocycles. The summed E-state index contributed by atoms with van der Waals surface area (Å²) in [6.45, 7) is 3.19. The molecule has 3 aromatic rings. The van der Waals surface area contributed by atoms with E-state index in [1.807, 2.05) is 24.0 Å². The number of nitrogens with zero attached hydrogens (tertiary/aromatic N) is 3. The first kappa shape index (κ1) is 23.4. The fraction of sp³-hybridized carbons (Fsp3) is 0.308. The summed E-state index contributed by atoms with van der Waals surface area (Å²) in [5, 5.41) is 5.80. The first-order valence-corrected chi connectivity index (χ1v) is 11.5. The highest BCUT2D eigenvalue weighted by Gasteiger charge is 2.26. The maximum Gasteiger partial charge on any atom is 0.251 e. The van der Waals surface area contributed by atoms with Crippen LogP contribution in [0, 0.1) is 5.82 Å². The smallest absolute Gasteiger partial charge is 0.251 e. The molecule has 2 aromatic carbocycles. The molecule has 176 valence electrons. The number of piperidine rings is 1. The Kier molecular flexibility index (Phi) is 7.15. The van der Waals surface area contributed by atoms with Crippen molar-refractivity contribution >= 4 is 23.3 Å². The lowest BCUT2D eigenvalue weighted by Gasteiger charge is -2.32. The molecule has 1 aliphatic heterocycles. The minimum Gasteiger partial charge on any atom is -0.355 e. The van der Waals surface area contributed by atoms with Crippen molar-refractivity contribution in [3.63, 3.8) is 0 Å². The quantitative estimate of drug-likeness (QED) is 0.564. The Morgan fingerprint density at radius 2 is 1.91 bits per heavy atom. The van der Waals surface area contributed by atoms with Crippen LogP contribution in [0.1, 0.15) is 48.3 Å². The summed E-state index contributed by atoms with van der Waals surface area (Å²) in [6.07, 6.45) is 2.24. The highest BCUT2D eigenvalue weighted by molar-refractivity contribution is 5.94. The Labute approximate surface area is 198 Å². The molecular weight excluding hydrogens is 433 g/mol. The Morgan fingerprint density at radius 1 is 1.12 bits per heavy atom. The molecule has 4 rings (SSSR count). The summed E-state index contributed by atoms with van der Waals surface area (Å²) >= 11 is 0. The SMILES string of the molecule is CCC(=O)N1CCCC(c2nc(Nc3cccc(F)c3)cc(-c3ccc(C(=O)NC)cc3)n2)C1. The van der Waals surface area contributed by atoms with E-state index in [1.165, 1.54) is 12.1 Å². The van der Waals surface area contributed by atoms with Crippen molar-refractivity contribution in [3.8, 4) is 11.3 Å². The second-order valence-corrected chi connectivity index (χ2v) is 8.32. The molecule has 1 atom stereocenters. The normalized spacial score (nSPS) is 15.6. The molecule has 7 nitrogen and oxygen atoms in total. The highest BCUT2D eigenvalue weighted by Crippen LogP contribution is 2.30. The third-order valence-electron chi connectivity index (χ3n) is 5.95. The number of likely N-dealkylation sites (tertiary alicyclic amines) is 1. The number of anilines is 2. The molecule has 0 spiro atoms. The molecule has 1 unspecified atom stereocenters. The lowest BCUT2D eigenvalue weighted by molar-refractivity contribution is -0.132. The standard InChI is InChI=1S/C26H28FN5O2/c1-3-24(33)32-13-5-6-19(16-32)25-30-22(17-9-11-18(12-10-17)26(34)28-2)15-23(31-25)29-21-8-4-7-20(27)14-21/h4,7-12,14-15,19H,3,5-6,13,16H2,1-2H3,(H,28,34)(H,29,30,31). The molecule has 0 aliphatic carbocycles. The van der Waals surface area contributed by atoms with Gasteiger partial charge in [-0.3, -0.25) is 9.59 Å². The maximum atomic E-state index is 13.7. The Balaban J connectivity index is 1.70. The van der Waals surface area contributed by atoms with E-state index < -0.39 is 0 Å². The fourth-order valence-electron chi connectivity index (χ4n) is 4.15. The predicted molar refractivity (Wildman–Crippen MR) is 129 cm³/mol. The first-order valence-electron chi connectivity index (χ1n) is 11.5. The Bertz CT molecular complexity index is 1180. The largest absolute Gasteiger partial charge is 0.355 e. The molecule has 34 heavy (non-hydrogen) atoms. The van der Waals surface area contributed by atoms with Gasteiger partial charge in [-0.2, -0.15) is 0 Å². The van der Waals surface area contributed by atoms with Crippen LogP contribution in [0.3, 0.4) is 0 Å². The number of benzene rings is 2. The number of rotatable bonds is 6. The summed E-state index contributed by atoms with van der Waals surface area (Å²) in [5.41, 5.74) is 2.65. The van der Waals surface area contributed by atoms with Gasteiger partial charge in [-0.05, 0) is 43.2 Å². The van der Waals surface area contributed by atoms with Crippen LogP contribution in [-0.2, 0) is 4.79 Å². The number of hydrogen-bond donors (Lipinski definition) is 2. The molecule has 8 heteroatoms. The third-order valence-corrected chi connectivity index (χ3v) is 5.95. The van der Waals surface area contributed by atoms with Crippen molar-refractivity contribution in [3.05, 3.63) is 71.8 Å². The van der Waals surface area contributed by atoms with Crippen molar-refractivity contribution in [1.82, 2.24) is 20.2 Å². The molecule has 1 aromatic heterocycles. The minimum absolute atomic E-state index is 0.00222. The predicted octanol–water partition coefficient (Wildman–Crippen LogP) is 4.50. The van der Waals surface area contributed by atoms with Gasteiger partial charge in [0, 0.05) is 55.4 Å². The van der Waals surface area contributed by atoms with Crippen molar-refractivity contribution in [2.45, 2.75) is 32.1 Å². The Hall–Kier alpha value is -3.81. The number of amides is 2. The van der Waals surface area contributed by atoms with Crippen LogP contribution in [-0.4, -0.2) is 46.8 Å². The van der Waals surface area contributed by atoms with Gasteiger partial charge >= 0.3 is 0 Å². The minimum atomic E-state index is -0.342. The number of aromatic nitrogens is 2. The van der Waals surface area contributed by atoms with E-state index >= 15 is 0 Å². The Morgan fingerprint density at radius 3 is 2.62 bits per heavy atom. The van der Waals surface area contributed by atoms with Gasteiger partial charge in [0.05, 0.1) is 5.69 Å². The summed E-state index contributed by atoms with van der Waals surface area (Å²) in [5.74, 6) is 0.808. The topological polar surface area (TPSA) is 87.2 Å². The molecule has 0 radical (unpaired) electrons. The van der Waals surface area contributed by atoms with Gasteiger partial charge in [0.25, 0.3) is 5.91 Å². The zero-order chi connectivity index (χ0) is 24.1. The van der Waals surface area contributed by atoms with Crippen LogP contribution in [0.25, 0.3) is 11.3 Å². The fourth-order valence-corrected chi connectivity index (χ4v) is 4.15. The summed E-state index contributed by atoms with van der Waals surface area (Å²) < 4.78 is 13.7. The highest BCUT2D eigenvalue weighted by atomic mass is 19.1. The van der Waals surface area contributed by atoms with Crippen LogP contribution in [0.2, 0.25) is 0 Å². The zero-order valence-electron chi connectivity index (χ0n) is 19.3. The number of halogens is 1. The monoisotopic (exact) mass is 461 g/mol. The van der Waals surface area contributed by atoms with Gasteiger partial charge in [-0.15, -0.1) is 0 Å². The van der Waals surface area contributed by atoms with Gasteiger partial charge in [-0.25, -0.2) is 14.4 Å². The average Bonchev–Trinajstić information content (AvgIpc) is 2.87. The van der Waals surface area contributed by atoms with Gasteiger partial charge in [0.2, 0.25) is 5.91 Å². The second-order valence-electron chi connectivity index (χ2n) is 8.32. The third kappa shape index (κ3) is 5.39. The number of carbonyl (C=O) groups is 2. The summed E-state index contributed by atoms with van der Waals surface area (Å²) in [6, 6.07) is 15.2.